The molecule has 1 aliphatic rings. The third-order valence-electron chi connectivity index (χ3n) is 4.65. The minimum atomic E-state index is -0.134. The molecule has 3 heterocycles. The first kappa shape index (κ1) is 18.4. The number of benzene rings is 1. The summed E-state index contributed by atoms with van der Waals surface area (Å²) in [7, 11) is 0. The predicted molar refractivity (Wildman–Crippen MR) is 103 cm³/mol. The van der Waals surface area contributed by atoms with Crippen LogP contribution in [-0.2, 0) is 0 Å². The molecule has 1 saturated heterocycles. The monoisotopic (exact) mass is 398 g/mol. The Hall–Kier alpha value is -2.93. The Kier molecular flexibility index (Phi) is 5.25. The fraction of sp³-hybridized carbons (Fsp3) is 0.300. The number of piperidine rings is 1. The molecule has 0 bridgehead atoms. The maximum absolute atomic E-state index is 12.7. The second-order valence-electron chi connectivity index (χ2n) is 6.64. The lowest BCUT2D eigenvalue weighted by Gasteiger charge is -2.32. The van der Waals surface area contributed by atoms with Gasteiger partial charge in [-0.1, -0.05) is 11.6 Å². The summed E-state index contributed by atoms with van der Waals surface area (Å²) in [6, 6.07) is 7.08. The van der Waals surface area contributed by atoms with Gasteiger partial charge in [-0.2, -0.15) is 0 Å². The van der Waals surface area contributed by atoms with Crippen molar-refractivity contribution in [2.75, 3.05) is 13.1 Å². The van der Waals surface area contributed by atoms with Gasteiger partial charge in [0.1, 0.15) is 17.7 Å². The van der Waals surface area contributed by atoms with E-state index in [4.69, 9.17) is 20.8 Å². The van der Waals surface area contributed by atoms with E-state index in [9.17, 15) is 4.79 Å². The Morgan fingerprint density at radius 3 is 2.79 bits per heavy atom. The number of carbonyl (C=O) groups excluding carboxylic acids is 1. The van der Waals surface area contributed by atoms with Crippen molar-refractivity contribution in [3.8, 4) is 11.6 Å². The quantitative estimate of drug-likeness (QED) is 0.653. The maximum Gasteiger partial charge on any atom is 0.275 e. The zero-order valence-electron chi connectivity index (χ0n) is 15.3. The van der Waals surface area contributed by atoms with E-state index < -0.39 is 0 Å². The summed E-state index contributed by atoms with van der Waals surface area (Å²) in [5, 5.41) is 0.635. The van der Waals surface area contributed by atoms with E-state index in [0.717, 1.165) is 18.5 Å². The molecule has 2 aromatic heterocycles. The number of rotatable bonds is 4. The van der Waals surface area contributed by atoms with Crippen LogP contribution in [-0.4, -0.2) is 38.8 Å². The molecular formula is C20H19ClN4O3. The van der Waals surface area contributed by atoms with E-state index in [1.54, 1.807) is 48.5 Å². The van der Waals surface area contributed by atoms with Crippen molar-refractivity contribution in [2.45, 2.75) is 25.7 Å². The van der Waals surface area contributed by atoms with Crippen LogP contribution < -0.4 is 4.74 Å². The van der Waals surface area contributed by atoms with Crippen molar-refractivity contribution in [3.05, 3.63) is 65.2 Å². The van der Waals surface area contributed by atoms with Gasteiger partial charge in [0.2, 0.25) is 5.88 Å². The van der Waals surface area contributed by atoms with Crippen LogP contribution in [0.2, 0.25) is 5.02 Å². The Bertz CT molecular complexity index is 974. The predicted octanol–water partition coefficient (Wildman–Crippen LogP) is 4.24. The summed E-state index contributed by atoms with van der Waals surface area (Å²) in [5.74, 6) is 1.45. The molecule has 1 atom stereocenters. The van der Waals surface area contributed by atoms with Crippen molar-refractivity contribution >= 4 is 17.5 Å². The molecule has 1 unspecified atom stereocenters. The van der Waals surface area contributed by atoms with Crippen molar-refractivity contribution < 1.29 is 13.9 Å². The average molecular weight is 399 g/mol. The van der Waals surface area contributed by atoms with Gasteiger partial charge in [-0.05, 0) is 37.1 Å². The Labute approximate surface area is 167 Å². The van der Waals surface area contributed by atoms with E-state index in [0.29, 0.717) is 41.3 Å². The topological polar surface area (TPSA) is 81.4 Å². The number of aryl methyl sites for hydroxylation is 1. The third kappa shape index (κ3) is 3.99. The van der Waals surface area contributed by atoms with Gasteiger partial charge in [0.05, 0.1) is 0 Å². The molecule has 0 radical (unpaired) electrons. The van der Waals surface area contributed by atoms with Crippen LogP contribution in [0.15, 0.2) is 47.3 Å². The van der Waals surface area contributed by atoms with Crippen molar-refractivity contribution in [1.82, 2.24) is 19.9 Å². The summed E-state index contributed by atoms with van der Waals surface area (Å²) in [6.45, 7) is 2.92. The van der Waals surface area contributed by atoms with Gasteiger partial charge in [-0.15, -0.1) is 0 Å². The Balaban J connectivity index is 1.53. The van der Waals surface area contributed by atoms with Crippen molar-refractivity contribution in [2.24, 2.45) is 0 Å². The minimum absolute atomic E-state index is 0.0294. The lowest BCUT2D eigenvalue weighted by molar-refractivity contribution is 0.0698. The van der Waals surface area contributed by atoms with Gasteiger partial charge in [-0.25, -0.2) is 9.97 Å². The highest BCUT2D eigenvalue weighted by Gasteiger charge is 2.30. The van der Waals surface area contributed by atoms with Crippen molar-refractivity contribution in [1.29, 1.82) is 0 Å². The normalized spacial score (nSPS) is 16.8. The molecule has 4 rings (SSSR count). The van der Waals surface area contributed by atoms with E-state index in [1.807, 2.05) is 0 Å². The fourth-order valence-electron chi connectivity index (χ4n) is 3.32. The standard InChI is InChI=1S/C20H19ClN4O3/c1-13-24-17(12-27-13)20(26)25-10-2-3-14(11-25)18-19(23-9-8-22-18)28-16-6-4-15(21)5-7-16/h4-9,12,14H,2-3,10-11H2,1H3. The minimum Gasteiger partial charge on any atom is -0.448 e. The molecule has 0 aliphatic carbocycles. The van der Waals surface area contributed by atoms with Crippen LogP contribution in [0.25, 0.3) is 0 Å². The van der Waals surface area contributed by atoms with Gasteiger partial charge in [0, 0.05) is 43.3 Å². The molecule has 1 amide bonds. The van der Waals surface area contributed by atoms with E-state index in [1.165, 1.54) is 6.26 Å². The smallest absolute Gasteiger partial charge is 0.275 e. The molecule has 1 aliphatic heterocycles. The highest BCUT2D eigenvalue weighted by molar-refractivity contribution is 6.30. The molecule has 3 aromatic rings. The molecule has 8 heteroatoms. The molecule has 28 heavy (non-hydrogen) atoms. The van der Waals surface area contributed by atoms with E-state index >= 15 is 0 Å². The van der Waals surface area contributed by atoms with E-state index in [-0.39, 0.29) is 11.8 Å². The molecule has 0 N–H and O–H groups in total. The zero-order valence-corrected chi connectivity index (χ0v) is 16.1. The first-order chi connectivity index (χ1) is 13.6. The highest BCUT2D eigenvalue weighted by Crippen LogP contribution is 2.33. The summed E-state index contributed by atoms with van der Waals surface area (Å²) < 4.78 is 11.1. The maximum atomic E-state index is 12.7. The number of carbonyl (C=O) groups is 1. The molecule has 0 spiro atoms. The van der Waals surface area contributed by atoms with Gasteiger partial charge in [0.15, 0.2) is 11.6 Å². The number of likely N-dealkylation sites (tertiary alicyclic amines) is 1. The number of hydrogen-bond donors (Lipinski definition) is 0. The highest BCUT2D eigenvalue weighted by atomic mass is 35.5. The number of oxazole rings is 1. The number of hydrogen-bond acceptors (Lipinski definition) is 6. The number of aromatic nitrogens is 3. The van der Waals surface area contributed by atoms with Crippen molar-refractivity contribution in [3.63, 3.8) is 0 Å². The fourth-order valence-corrected chi connectivity index (χ4v) is 3.44. The van der Waals surface area contributed by atoms with Gasteiger partial charge < -0.3 is 14.1 Å². The molecular weight excluding hydrogens is 380 g/mol. The summed E-state index contributed by atoms with van der Waals surface area (Å²) in [4.78, 5) is 27.5. The molecule has 1 fully saturated rings. The molecule has 0 saturated carbocycles. The Morgan fingerprint density at radius 1 is 1.25 bits per heavy atom. The third-order valence-corrected chi connectivity index (χ3v) is 4.90. The van der Waals surface area contributed by atoms with Crippen LogP contribution in [0.3, 0.4) is 0 Å². The van der Waals surface area contributed by atoms with Gasteiger partial charge in [0.25, 0.3) is 5.91 Å². The van der Waals surface area contributed by atoms with Crippen LogP contribution >= 0.6 is 11.6 Å². The van der Waals surface area contributed by atoms with Gasteiger partial charge >= 0.3 is 0 Å². The Morgan fingerprint density at radius 2 is 2.04 bits per heavy atom. The molecule has 144 valence electrons. The van der Waals surface area contributed by atoms with Crippen LogP contribution in [0.1, 0.15) is 40.8 Å². The summed E-state index contributed by atoms with van der Waals surface area (Å²) in [6.07, 6.45) is 6.41. The molecule has 7 nitrogen and oxygen atoms in total. The first-order valence-electron chi connectivity index (χ1n) is 9.06. The first-order valence-corrected chi connectivity index (χ1v) is 9.43. The summed E-state index contributed by atoms with van der Waals surface area (Å²) >= 11 is 5.93. The average Bonchev–Trinajstić information content (AvgIpc) is 3.16. The van der Waals surface area contributed by atoms with Crippen LogP contribution in [0.5, 0.6) is 11.6 Å². The van der Waals surface area contributed by atoms with Gasteiger partial charge in [-0.3, -0.25) is 9.78 Å². The second-order valence-corrected chi connectivity index (χ2v) is 7.08. The van der Waals surface area contributed by atoms with Crippen LogP contribution in [0.4, 0.5) is 0 Å². The summed E-state index contributed by atoms with van der Waals surface area (Å²) in [5.41, 5.74) is 1.07. The lowest BCUT2D eigenvalue weighted by Crippen LogP contribution is -2.39. The number of halogens is 1. The van der Waals surface area contributed by atoms with E-state index in [2.05, 4.69) is 15.0 Å². The number of ether oxygens (including phenoxy) is 1. The lowest BCUT2D eigenvalue weighted by atomic mass is 9.94. The van der Waals surface area contributed by atoms with Crippen LogP contribution in [0, 0.1) is 6.92 Å². The largest absolute Gasteiger partial charge is 0.448 e. The molecule has 1 aromatic carbocycles. The number of nitrogens with zero attached hydrogens (tertiary/aromatic N) is 4. The second kappa shape index (κ2) is 7.98. The SMILES string of the molecule is Cc1nc(C(=O)N2CCCC(c3nccnc3Oc3ccc(Cl)cc3)C2)co1. The number of amides is 1. The zero-order chi connectivity index (χ0) is 19.5.